The summed E-state index contributed by atoms with van der Waals surface area (Å²) in [6, 6.07) is 11.3. The first-order chi connectivity index (χ1) is 11.7. The number of carbonyl (C=O) groups excluding carboxylic acids is 2. The molecule has 1 N–H and O–H groups in total. The van der Waals surface area contributed by atoms with Crippen LogP contribution in [0.3, 0.4) is 0 Å². The van der Waals surface area contributed by atoms with Crippen LogP contribution in [-0.4, -0.2) is 16.9 Å². The third-order valence-corrected chi connectivity index (χ3v) is 4.50. The fourth-order valence-electron chi connectivity index (χ4n) is 2.04. The monoisotopic (exact) mass is 367 g/mol. The molecule has 0 unspecified atom stereocenters. The summed E-state index contributed by atoms with van der Waals surface area (Å²) < 4.78 is 38.2. The molecule has 2 rings (SSSR count). The Morgan fingerprint density at radius 1 is 1.08 bits per heavy atom. The molecule has 0 spiro atoms. The highest BCUT2D eigenvalue weighted by Gasteiger charge is 2.30. The largest absolute Gasteiger partial charge is 0.416 e. The minimum atomic E-state index is -4.42. The highest BCUT2D eigenvalue weighted by atomic mass is 32.2. The zero-order chi connectivity index (χ0) is 18.6. The summed E-state index contributed by atoms with van der Waals surface area (Å²) in [4.78, 5) is 23.8. The lowest BCUT2D eigenvalue weighted by molar-refractivity contribution is -0.137. The molecule has 0 saturated heterocycles. The number of thioether (sulfide) groups is 1. The minimum absolute atomic E-state index is 0.0775. The SMILES string of the molecule is CC(=O)c1ccc(NC(=O)[C@H](C)Sc2cccc(C(F)(F)F)c2)cc1. The summed E-state index contributed by atoms with van der Waals surface area (Å²) >= 11 is 1.04. The van der Waals surface area contributed by atoms with Gasteiger partial charge in [0.2, 0.25) is 5.91 Å². The third-order valence-electron chi connectivity index (χ3n) is 3.40. The zero-order valence-electron chi connectivity index (χ0n) is 13.6. The van der Waals surface area contributed by atoms with Gasteiger partial charge in [-0.15, -0.1) is 11.8 Å². The second-order valence-corrected chi connectivity index (χ2v) is 6.82. The molecule has 0 bridgehead atoms. The molecule has 0 fully saturated rings. The molecule has 0 aliphatic heterocycles. The lowest BCUT2D eigenvalue weighted by Crippen LogP contribution is -2.22. The van der Waals surface area contributed by atoms with Gasteiger partial charge < -0.3 is 5.32 Å². The van der Waals surface area contributed by atoms with Gasteiger partial charge in [0.15, 0.2) is 5.78 Å². The van der Waals surface area contributed by atoms with Crippen molar-refractivity contribution in [1.82, 2.24) is 0 Å². The summed E-state index contributed by atoms with van der Waals surface area (Å²) in [5, 5.41) is 2.09. The lowest BCUT2D eigenvalue weighted by atomic mass is 10.1. The van der Waals surface area contributed by atoms with Gasteiger partial charge in [0, 0.05) is 16.1 Å². The lowest BCUT2D eigenvalue weighted by Gasteiger charge is -2.13. The van der Waals surface area contributed by atoms with Crippen molar-refractivity contribution in [3.05, 3.63) is 59.7 Å². The fourth-order valence-corrected chi connectivity index (χ4v) is 2.96. The highest BCUT2D eigenvalue weighted by molar-refractivity contribution is 8.00. The molecule has 132 valence electrons. The van der Waals surface area contributed by atoms with Gasteiger partial charge >= 0.3 is 6.18 Å². The first kappa shape index (κ1) is 19.1. The van der Waals surface area contributed by atoms with Gasteiger partial charge in [-0.3, -0.25) is 9.59 Å². The summed E-state index contributed by atoms with van der Waals surface area (Å²) in [5.41, 5.74) is 0.306. The van der Waals surface area contributed by atoms with Crippen LogP contribution in [0.5, 0.6) is 0 Å². The van der Waals surface area contributed by atoms with Gasteiger partial charge in [0.1, 0.15) is 0 Å². The fraction of sp³-hybridized carbons (Fsp3) is 0.222. The normalized spacial score (nSPS) is 12.5. The summed E-state index contributed by atoms with van der Waals surface area (Å²) in [7, 11) is 0. The van der Waals surface area contributed by atoms with E-state index in [1.165, 1.54) is 19.1 Å². The Labute approximate surface area is 147 Å². The van der Waals surface area contributed by atoms with Gasteiger partial charge in [0.25, 0.3) is 0 Å². The zero-order valence-corrected chi connectivity index (χ0v) is 14.4. The second-order valence-electron chi connectivity index (χ2n) is 5.41. The van der Waals surface area contributed by atoms with Crippen LogP contribution in [0.2, 0.25) is 0 Å². The minimum Gasteiger partial charge on any atom is -0.325 e. The van der Waals surface area contributed by atoms with Crippen molar-refractivity contribution in [3.8, 4) is 0 Å². The molecule has 0 saturated carbocycles. The Morgan fingerprint density at radius 2 is 1.72 bits per heavy atom. The first-order valence-corrected chi connectivity index (χ1v) is 8.30. The number of halogens is 3. The molecule has 3 nitrogen and oxygen atoms in total. The van der Waals surface area contributed by atoms with Crippen molar-refractivity contribution in [2.24, 2.45) is 0 Å². The van der Waals surface area contributed by atoms with Gasteiger partial charge in [-0.2, -0.15) is 13.2 Å². The number of ketones is 1. The molecule has 0 aromatic heterocycles. The van der Waals surface area contributed by atoms with Crippen molar-refractivity contribution in [3.63, 3.8) is 0 Å². The summed E-state index contributed by atoms with van der Waals surface area (Å²) in [6.07, 6.45) is -4.42. The van der Waals surface area contributed by atoms with E-state index >= 15 is 0 Å². The molecule has 0 aliphatic carbocycles. The number of nitrogens with one attached hydrogen (secondary N) is 1. The van der Waals surface area contributed by atoms with Crippen LogP contribution < -0.4 is 5.32 Å². The Hall–Kier alpha value is -2.28. The Bertz CT molecular complexity index is 773. The van der Waals surface area contributed by atoms with E-state index < -0.39 is 17.0 Å². The molecule has 2 aromatic carbocycles. The van der Waals surface area contributed by atoms with Crippen LogP contribution in [0.25, 0.3) is 0 Å². The molecule has 2 aromatic rings. The number of alkyl halides is 3. The number of carbonyl (C=O) groups is 2. The van der Waals surface area contributed by atoms with Crippen LogP contribution in [0, 0.1) is 0 Å². The van der Waals surface area contributed by atoms with E-state index in [-0.39, 0.29) is 11.7 Å². The molecule has 25 heavy (non-hydrogen) atoms. The van der Waals surface area contributed by atoms with E-state index in [1.54, 1.807) is 31.2 Å². The van der Waals surface area contributed by atoms with Gasteiger partial charge in [0.05, 0.1) is 10.8 Å². The van der Waals surface area contributed by atoms with E-state index in [4.69, 9.17) is 0 Å². The predicted molar refractivity (Wildman–Crippen MR) is 91.8 cm³/mol. The Balaban J connectivity index is 2.02. The summed E-state index contributed by atoms with van der Waals surface area (Å²) in [5.74, 6) is -0.413. The van der Waals surface area contributed by atoms with Gasteiger partial charge in [-0.25, -0.2) is 0 Å². The number of hydrogen-bond donors (Lipinski definition) is 1. The van der Waals surface area contributed by atoms with E-state index in [1.807, 2.05) is 0 Å². The number of amides is 1. The standard InChI is InChI=1S/C18H16F3NO2S/c1-11(23)13-6-8-15(9-7-13)22-17(24)12(2)25-16-5-3-4-14(10-16)18(19,20)21/h3-10,12H,1-2H3,(H,22,24)/t12-/m0/s1. The Kier molecular flexibility index (Phi) is 5.89. The van der Waals surface area contributed by atoms with E-state index in [0.29, 0.717) is 16.1 Å². The summed E-state index contributed by atoms with van der Waals surface area (Å²) in [6.45, 7) is 3.06. The van der Waals surface area contributed by atoms with E-state index in [2.05, 4.69) is 5.32 Å². The third kappa shape index (κ3) is 5.35. The molecular weight excluding hydrogens is 351 g/mol. The number of Topliss-reactive ketones (excluding diaryl/α,β-unsaturated/α-hetero) is 1. The maximum absolute atomic E-state index is 12.7. The molecule has 1 amide bonds. The van der Waals surface area contributed by atoms with Crippen molar-refractivity contribution in [2.45, 2.75) is 30.2 Å². The second kappa shape index (κ2) is 7.74. The quantitative estimate of drug-likeness (QED) is 0.596. The van der Waals surface area contributed by atoms with Gasteiger partial charge in [-0.1, -0.05) is 6.07 Å². The molecule has 0 aliphatic rings. The molecule has 0 radical (unpaired) electrons. The predicted octanol–water partition coefficient (Wildman–Crippen LogP) is 5.03. The molecule has 0 heterocycles. The van der Waals surface area contributed by atoms with Crippen molar-refractivity contribution < 1.29 is 22.8 Å². The van der Waals surface area contributed by atoms with E-state index in [0.717, 1.165) is 23.9 Å². The number of hydrogen-bond acceptors (Lipinski definition) is 3. The van der Waals surface area contributed by atoms with Crippen LogP contribution in [-0.2, 0) is 11.0 Å². The van der Waals surface area contributed by atoms with Crippen LogP contribution >= 0.6 is 11.8 Å². The average Bonchev–Trinajstić information content (AvgIpc) is 2.54. The topological polar surface area (TPSA) is 46.2 Å². The maximum Gasteiger partial charge on any atom is 0.416 e. The molecular formula is C18H16F3NO2S. The number of benzene rings is 2. The van der Waals surface area contributed by atoms with Crippen LogP contribution in [0.15, 0.2) is 53.4 Å². The smallest absolute Gasteiger partial charge is 0.325 e. The highest BCUT2D eigenvalue weighted by Crippen LogP contribution is 2.33. The Morgan fingerprint density at radius 3 is 2.28 bits per heavy atom. The molecule has 7 heteroatoms. The van der Waals surface area contributed by atoms with Crippen molar-refractivity contribution in [1.29, 1.82) is 0 Å². The average molecular weight is 367 g/mol. The van der Waals surface area contributed by atoms with Crippen molar-refractivity contribution in [2.75, 3.05) is 5.32 Å². The number of anilines is 1. The van der Waals surface area contributed by atoms with Crippen LogP contribution in [0.1, 0.15) is 29.8 Å². The maximum atomic E-state index is 12.7. The molecule has 1 atom stereocenters. The number of rotatable bonds is 5. The van der Waals surface area contributed by atoms with Gasteiger partial charge in [-0.05, 0) is 56.3 Å². The first-order valence-electron chi connectivity index (χ1n) is 7.42. The van der Waals surface area contributed by atoms with Crippen molar-refractivity contribution >= 4 is 29.1 Å². The van der Waals surface area contributed by atoms with E-state index in [9.17, 15) is 22.8 Å². The van der Waals surface area contributed by atoms with Crippen LogP contribution in [0.4, 0.5) is 18.9 Å².